The molecule has 1 saturated carbocycles. The molecule has 0 spiro atoms. The topological polar surface area (TPSA) is 166 Å². The van der Waals surface area contributed by atoms with Gasteiger partial charge in [0.25, 0.3) is 5.91 Å². The summed E-state index contributed by atoms with van der Waals surface area (Å²) in [5.41, 5.74) is 3.05. The Labute approximate surface area is 263 Å². The van der Waals surface area contributed by atoms with E-state index in [-0.39, 0.29) is 50.1 Å². The molecule has 45 heavy (non-hydrogen) atoms. The first kappa shape index (κ1) is 33.8. The second-order valence-corrected chi connectivity index (χ2v) is 12.9. The fourth-order valence-electron chi connectivity index (χ4n) is 5.28. The number of carboxylic acid groups (broad SMARTS) is 1. The van der Waals surface area contributed by atoms with Crippen molar-refractivity contribution in [2.24, 2.45) is 0 Å². The molecule has 0 bridgehead atoms. The Bertz CT molecular complexity index is 1510. The van der Waals surface area contributed by atoms with Gasteiger partial charge in [0.1, 0.15) is 12.4 Å². The highest BCUT2D eigenvalue weighted by Crippen LogP contribution is 2.30. The van der Waals surface area contributed by atoms with Crippen LogP contribution in [0.4, 0.5) is 10.5 Å². The van der Waals surface area contributed by atoms with Crippen LogP contribution >= 0.6 is 0 Å². The fraction of sp³-hybridized carbons (Fsp3) is 0.394. The first-order chi connectivity index (χ1) is 21.6. The zero-order valence-electron chi connectivity index (χ0n) is 25.1. The van der Waals surface area contributed by atoms with Crippen LogP contribution in [0.25, 0.3) is 11.1 Å². The maximum absolute atomic E-state index is 13.0. The molecule has 0 aliphatic heterocycles. The van der Waals surface area contributed by atoms with Gasteiger partial charge in [-0.3, -0.25) is 4.79 Å². The van der Waals surface area contributed by atoms with E-state index in [0.29, 0.717) is 17.0 Å². The van der Waals surface area contributed by atoms with Crippen molar-refractivity contribution in [3.63, 3.8) is 0 Å². The van der Waals surface area contributed by atoms with E-state index in [1.54, 1.807) is 48.5 Å². The van der Waals surface area contributed by atoms with Gasteiger partial charge in [-0.05, 0) is 60.2 Å². The van der Waals surface area contributed by atoms with E-state index >= 15 is 0 Å². The maximum Gasteiger partial charge on any atom is 0.407 e. The smallest absolute Gasteiger partial charge is 0.407 e. The van der Waals surface area contributed by atoms with Crippen LogP contribution in [0.1, 0.15) is 60.6 Å². The Morgan fingerprint density at radius 1 is 0.956 bits per heavy atom. The lowest BCUT2D eigenvalue weighted by molar-refractivity contribution is 0.0894. The third-order valence-electron chi connectivity index (χ3n) is 7.71. The molecule has 5 N–H and O–H groups in total. The molecule has 0 heterocycles. The molecular weight excluding hydrogens is 598 g/mol. The second kappa shape index (κ2) is 16.3. The molecule has 1 aliphatic carbocycles. The summed E-state index contributed by atoms with van der Waals surface area (Å²) < 4.78 is 32.6. The van der Waals surface area contributed by atoms with Crippen LogP contribution in [0.3, 0.4) is 0 Å². The number of amides is 2. The number of hydrogen-bond donors (Lipinski definition) is 5. The van der Waals surface area contributed by atoms with E-state index in [2.05, 4.69) is 10.0 Å². The molecule has 0 unspecified atom stereocenters. The Hall–Kier alpha value is -4.13. The van der Waals surface area contributed by atoms with Crippen molar-refractivity contribution in [1.82, 2.24) is 9.62 Å². The minimum absolute atomic E-state index is 0.0314. The predicted molar refractivity (Wildman–Crippen MR) is 172 cm³/mol. The minimum atomic E-state index is -3.89. The van der Waals surface area contributed by atoms with Gasteiger partial charge in [0, 0.05) is 18.3 Å². The molecule has 0 aromatic heterocycles. The average molecular weight is 640 g/mol. The summed E-state index contributed by atoms with van der Waals surface area (Å²) in [5.74, 6) is -0.539. The van der Waals surface area contributed by atoms with Gasteiger partial charge in [-0.15, -0.1) is 0 Å². The van der Waals surface area contributed by atoms with Crippen LogP contribution in [0.15, 0.2) is 72.8 Å². The normalized spacial score (nSPS) is 14.4. The highest BCUT2D eigenvalue weighted by molar-refractivity contribution is 7.90. The van der Waals surface area contributed by atoms with Crippen LogP contribution in [0.5, 0.6) is 5.75 Å². The standard InChI is InChI=1S/C33H41N3O8S/c37-19-7-21-45(42,43)35-32(39)29-17-14-26(22-30(29)34-27-10-5-2-6-11-27)24-12-15-28(16-13-24)44-20-18-36(33(40)41)23-31(38)25-8-3-1-4-9-25/h1,3-4,8-9,12-17,22,27,31,34,37-38H,2,5-7,10-11,18-21,23H2,(H,35,39)(H,40,41)/t31-/m0/s1. The highest BCUT2D eigenvalue weighted by atomic mass is 32.2. The molecule has 1 fully saturated rings. The van der Waals surface area contributed by atoms with Crippen molar-refractivity contribution in [1.29, 1.82) is 0 Å². The van der Waals surface area contributed by atoms with E-state index in [1.165, 1.54) is 0 Å². The number of hydrogen-bond acceptors (Lipinski definition) is 8. The van der Waals surface area contributed by atoms with Gasteiger partial charge in [0.05, 0.1) is 30.5 Å². The van der Waals surface area contributed by atoms with Gasteiger partial charge in [-0.25, -0.2) is 17.9 Å². The third-order valence-corrected chi connectivity index (χ3v) is 9.04. The molecule has 3 aromatic rings. The number of benzene rings is 3. The summed E-state index contributed by atoms with van der Waals surface area (Å²) in [4.78, 5) is 25.9. The summed E-state index contributed by atoms with van der Waals surface area (Å²) in [5, 5.41) is 32.5. The van der Waals surface area contributed by atoms with E-state index < -0.39 is 28.1 Å². The summed E-state index contributed by atoms with van der Waals surface area (Å²) in [6.07, 6.45) is 3.15. The summed E-state index contributed by atoms with van der Waals surface area (Å²) in [6.45, 7) is -0.215. The molecule has 0 saturated heterocycles. The summed E-state index contributed by atoms with van der Waals surface area (Å²) >= 11 is 0. The first-order valence-electron chi connectivity index (χ1n) is 15.2. The van der Waals surface area contributed by atoms with E-state index in [4.69, 9.17) is 9.84 Å². The van der Waals surface area contributed by atoms with Crippen LogP contribution in [0.2, 0.25) is 0 Å². The number of rotatable bonds is 15. The van der Waals surface area contributed by atoms with Crippen LogP contribution in [-0.4, -0.2) is 78.7 Å². The lowest BCUT2D eigenvalue weighted by Crippen LogP contribution is -2.36. The summed E-state index contributed by atoms with van der Waals surface area (Å²) in [7, 11) is -3.89. The number of anilines is 1. The number of carbonyl (C=O) groups excluding carboxylic acids is 1. The Kier molecular flexibility index (Phi) is 12.2. The minimum Gasteiger partial charge on any atom is -0.492 e. The summed E-state index contributed by atoms with van der Waals surface area (Å²) in [6, 6.07) is 21.5. The van der Waals surface area contributed by atoms with Gasteiger partial charge < -0.3 is 30.3 Å². The Morgan fingerprint density at radius 3 is 2.31 bits per heavy atom. The van der Waals surface area contributed by atoms with Gasteiger partial charge in [-0.1, -0.05) is 67.8 Å². The largest absolute Gasteiger partial charge is 0.492 e. The second-order valence-electron chi connectivity index (χ2n) is 11.1. The lowest BCUT2D eigenvalue weighted by Gasteiger charge is -2.25. The molecule has 1 aliphatic rings. The predicted octanol–water partition coefficient (Wildman–Crippen LogP) is 4.63. The van der Waals surface area contributed by atoms with Crippen molar-refractivity contribution in [2.75, 3.05) is 37.4 Å². The van der Waals surface area contributed by atoms with Crippen molar-refractivity contribution in [3.05, 3.63) is 83.9 Å². The number of aliphatic hydroxyl groups is 2. The van der Waals surface area contributed by atoms with Crippen molar-refractivity contribution in [3.8, 4) is 16.9 Å². The third kappa shape index (κ3) is 10.2. The van der Waals surface area contributed by atoms with Gasteiger partial charge in [0.2, 0.25) is 10.0 Å². The molecular formula is C33H41N3O8S. The molecule has 11 nitrogen and oxygen atoms in total. The monoisotopic (exact) mass is 639 g/mol. The molecule has 4 rings (SSSR count). The van der Waals surface area contributed by atoms with Crippen molar-refractivity contribution in [2.45, 2.75) is 50.7 Å². The first-order valence-corrected chi connectivity index (χ1v) is 16.8. The number of ether oxygens (including phenoxy) is 1. The Morgan fingerprint density at radius 2 is 1.64 bits per heavy atom. The van der Waals surface area contributed by atoms with Gasteiger partial charge in [0.15, 0.2) is 0 Å². The molecule has 242 valence electrons. The molecule has 1 atom stereocenters. The molecule has 2 amide bonds. The van der Waals surface area contributed by atoms with Gasteiger partial charge >= 0.3 is 6.09 Å². The van der Waals surface area contributed by atoms with Crippen LogP contribution in [-0.2, 0) is 10.0 Å². The van der Waals surface area contributed by atoms with E-state index in [1.807, 2.05) is 24.3 Å². The van der Waals surface area contributed by atoms with E-state index in [9.17, 15) is 28.2 Å². The van der Waals surface area contributed by atoms with Crippen LogP contribution in [0, 0.1) is 0 Å². The lowest BCUT2D eigenvalue weighted by atomic mass is 9.94. The van der Waals surface area contributed by atoms with E-state index in [0.717, 1.165) is 48.1 Å². The number of nitrogens with zero attached hydrogens (tertiary/aromatic N) is 1. The quantitative estimate of drug-likeness (QED) is 0.159. The molecule has 3 aromatic carbocycles. The Balaban J connectivity index is 1.42. The van der Waals surface area contributed by atoms with Crippen molar-refractivity contribution >= 4 is 27.7 Å². The number of aliphatic hydroxyl groups excluding tert-OH is 2. The molecule has 0 radical (unpaired) electrons. The van der Waals surface area contributed by atoms with Crippen molar-refractivity contribution < 1.29 is 38.1 Å². The SMILES string of the molecule is O=C(NS(=O)(=O)CCCO)c1ccc(-c2ccc(OCCN(C[C@H](O)c3ccccc3)C(=O)O)cc2)cc1NC1CCCCC1. The zero-order chi connectivity index (χ0) is 32.2. The van der Waals surface area contributed by atoms with Crippen LogP contribution < -0.4 is 14.8 Å². The average Bonchev–Trinajstić information content (AvgIpc) is 3.04. The highest BCUT2D eigenvalue weighted by Gasteiger charge is 2.22. The molecule has 12 heteroatoms. The fourth-order valence-corrected chi connectivity index (χ4v) is 6.29. The number of sulfonamides is 1. The number of carbonyl (C=O) groups is 2. The van der Waals surface area contributed by atoms with Gasteiger partial charge in [-0.2, -0.15) is 0 Å². The number of nitrogens with one attached hydrogen (secondary N) is 2. The maximum atomic E-state index is 13.0. The zero-order valence-corrected chi connectivity index (χ0v) is 25.9.